The summed E-state index contributed by atoms with van der Waals surface area (Å²) in [5, 5.41) is 4.48. The second kappa shape index (κ2) is 8.84. The molecule has 2 amide bonds. The number of nitrogens with zero attached hydrogens (tertiary/aromatic N) is 2. The highest BCUT2D eigenvalue weighted by atomic mass is 19.4. The molecular weight excluding hydrogens is 410 g/mol. The Morgan fingerprint density at radius 3 is 1.83 bits per heavy atom. The van der Waals surface area contributed by atoms with Crippen LogP contribution in [0.1, 0.15) is 5.56 Å². The molecule has 0 bridgehead atoms. The summed E-state index contributed by atoms with van der Waals surface area (Å²) in [6.07, 6.45) is -9.43. The fourth-order valence-electron chi connectivity index (χ4n) is 1.82. The van der Waals surface area contributed by atoms with Crippen LogP contribution < -0.4 is 20.1 Å². The minimum atomic E-state index is -4.71. The summed E-state index contributed by atoms with van der Waals surface area (Å²) in [5.41, 5.74) is 1.31. The average molecular weight is 424 g/mol. The molecule has 0 aliphatic carbocycles. The van der Waals surface area contributed by atoms with Crippen molar-refractivity contribution in [3.8, 4) is 11.8 Å². The molecule has 1 heterocycles. The number of aryl methyl sites for hydroxylation is 1. The van der Waals surface area contributed by atoms with Crippen LogP contribution in [0, 0.1) is 6.92 Å². The Labute approximate surface area is 160 Å². The van der Waals surface area contributed by atoms with Crippen molar-refractivity contribution in [1.29, 1.82) is 0 Å². The van der Waals surface area contributed by atoms with Gasteiger partial charge in [-0.3, -0.25) is 5.32 Å². The third-order valence-electron chi connectivity index (χ3n) is 2.98. The van der Waals surface area contributed by atoms with E-state index in [1.54, 1.807) is 24.3 Å². The van der Waals surface area contributed by atoms with Crippen LogP contribution in [-0.2, 0) is 0 Å². The minimum Gasteiger partial charge on any atom is -0.468 e. The van der Waals surface area contributed by atoms with Crippen LogP contribution in [0.15, 0.2) is 30.3 Å². The lowest BCUT2D eigenvalue weighted by atomic mass is 10.2. The Morgan fingerprint density at radius 2 is 1.38 bits per heavy atom. The molecule has 13 heteroatoms. The maximum Gasteiger partial charge on any atom is 0.422 e. The van der Waals surface area contributed by atoms with Gasteiger partial charge < -0.3 is 14.8 Å². The van der Waals surface area contributed by atoms with Crippen molar-refractivity contribution in [3.63, 3.8) is 0 Å². The molecule has 1 aromatic carbocycles. The third kappa shape index (κ3) is 8.53. The number of aromatic nitrogens is 2. The van der Waals surface area contributed by atoms with E-state index in [9.17, 15) is 31.1 Å². The number of halogens is 6. The number of benzene rings is 1. The number of carbonyl (C=O) groups is 1. The number of amides is 2. The minimum absolute atomic E-state index is 0.381. The Balaban J connectivity index is 2.14. The molecule has 0 unspecified atom stereocenters. The molecule has 0 aliphatic rings. The van der Waals surface area contributed by atoms with Gasteiger partial charge >= 0.3 is 18.4 Å². The van der Waals surface area contributed by atoms with Gasteiger partial charge in [-0.2, -0.15) is 36.3 Å². The molecule has 0 saturated carbocycles. The number of urea groups is 1. The van der Waals surface area contributed by atoms with Gasteiger partial charge in [-0.1, -0.05) is 17.7 Å². The van der Waals surface area contributed by atoms with Crippen LogP contribution >= 0.6 is 0 Å². The quantitative estimate of drug-likeness (QED) is 0.675. The van der Waals surface area contributed by atoms with E-state index >= 15 is 0 Å². The van der Waals surface area contributed by atoms with Gasteiger partial charge in [0.1, 0.15) is 0 Å². The van der Waals surface area contributed by atoms with Crippen LogP contribution in [-0.4, -0.2) is 41.6 Å². The summed E-state index contributed by atoms with van der Waals surface area (Å²) < 4.78 is 82.6. The molecule has 2 rings (SSSR count). The van der Waals surface area contributed by atoms with Crippen molar-refractivity contribution in [2.75, 3.05) is 23.8 Å². The van der Waals surface area contributed by atoms with Crippen molar-refractivity contribution in [2.45, 2.75) is 19.3 Å². The van der Waals surface area contributed by atoms with Crippen LogP contribution in [0.5, 0.6) is 11.8 Å². The van der Waals surface area contributed by atoms with Gasteiger partial charge in [0.25, 0.3) is 0 Å². The second-order valence-electron chi connectivity index (χ2n) is 5.62. The van der Waals surface area contributed by atoms with E-state index in [1.807, 2.05) is 6.92 Å². The van der Waals surface area contributed by atoms with Crippen LogP contribution in [0.2, 0.25) is 0 Å². The number of carbonyl (C=O) groups excluding carboxylic acids is 1. The van der Waals surface area contributed by atoms with Gasteiger partial charge in [0.05, 0.1) is 6.07 Å². The lowest BCUT2D eigenvalue weighted by Gasteiger charge is -2.13. The van der Waals surface area contributed by atoms with Crippen LogP contribution in [0.25, 0.3) is 0 Å². The zero-order valence-corrected chi connectivity index (χ0v) is 14.7. The van der Waals surface area contributed by atoms with E-state index in [2.05, 4.69) is 30.1 Å². The average Bonchev–Trinajstić information content (AvgIpc) is 2.59. The summed E-state index contributed by atoms with van der Waals surface area (Å²) in [5.74, 6) is -2.09. The summed E-state index contributed by atoms with van der Waals surface area (Å²) in [4.78, 5) is 19.0. The monoisotopic (exact) mass is 424 g/mol. The summed E-state index contributed by atoms with van der Waals surface area (Å²) in [7, 11) is 0. The Kier molecular flexibility index (Phi) is 6.72. The van der Waals surface area contributed by atoms with Crippen molar-refractivity contribution in [3.05, 3.63) is 35.9 Å². The van der Waals surface area contributed by atoms with Gasteiger partial charge in [0, 0.05) is 5.69 Å². The van der Waals surface area contributed by atoms with Crippen molar-refractivity contribution in [1.82, 2.24) is 9.97 Å². The first kappa shape index (κ1) is 22.0. The van der Waals surface area contributed by atoms with E-state index in [1.165, 1.54) is 0 Å². The molecular formula is C16H14F6N4O3. The van der Waals surface area contributed by atoms with E-state index in [0.717, 1.165) is 5.56 Å². The fraction of sp³-hybridized carbons (Fsp3) is 0.312. The molecule has 1 aromatic heterocycles. The molecule has 2 N–H and O–H groups in total. The highest BCUT2D eigenvalue weighted by molar-refractivity contribution is 5.98. The van der Waals surface area contributed by atoms with Crippen LogP contribution in [0.3, 0.4) is 0 Å². The third-order valence-corrected chi connectivity index (χ3v) is 2.98. The van der Waals surface area contributed by atoms with Gasteiger partial charge in [-0.05, 0) is 19.1 Å². The number of ether oxygens (including phenoxy) is 2. The number of rotatable bonds is 6. The normalized spacial score (nSPS) is 11.7. The van der Waals surface area contributed by atoms with Crippen molar-refractivity contribution >= 4 is 17.7 Å². The number of hydrogen-bond donors (Lipinski definition) is 2. The number of alkyl halides is 6. The van der Waals surface area contributed by atoms with E-state index < -0.39 is 49.3 Å². The molecule has 2 aromatic rings. The Bertz CT molecular complexity index is 804. The summed E-state index contributed by atoms with van der Waals surface area (Å²) in [6.45, 7) is -1.68. The topological polar surface area (TPSA) is 85.4 Å². The zero-order valence-electron chi connectivity index (χ0n) is 14.7. The summed E-state index contributed by atoms with van der Waals surface area (Å²) in [6, 6.07) is 6.33. The van der Waals surface area contributed by atoms with Gasteiger partial charge in [0.15, 0.2) is 13.2 Å². The molecule has 7 nitrogen and oxygen atoms in total. The smallest absolute Gasteiger partial charge is 0.422 e. The van der Waals surface area contributed by atoms with E-state index in [-0.39, 0.29) is 0 Å². The Morgan fingerprint density at radius 1 is 0.897 bits per heavy atom. The predicted octanol–water partition coefficient (Wildman–Crippen LogP) is 4.31. The first-order valence-electron chi connectivity index (χ1n) is 7.82. The lowest BCUT2D eigenvalue weighted by Crippen LogP contribution is -2.23. The molecule has 29 heavy (non-hydrogen) atoms. The molecule has 0 atom stereocenters. The first-order chi connectivity index (χ1) is 13.4. The molecule has 0 spiro atoms. The first-order valence-corrected chi connectivity index (χ1v) is 7.82. The fourth-order valence-corrected chi connectivity index (χ4v) is 1.82. The van der Waals surface area contributed by atoms with Gasteiger partial charge in [-0.25, -0.2) is 4.79 Å². The molecule has 0 fully saturated rings. The van der Waals surface area contributed by atoms with E-state index in [4.69, 9.17) is 0 Å². The molecule has 158 valence electrons. The maximum atomic E-state index is 12.3. The standard InChI is InChI=1S/C16H14F6N4O3/c1-9-2-4-10(5-3-9)23-14(27)26-13-24-11(28-7-15(17,18)19)6-12(25-13)29-8-16(20,21)22/h2-6H,7-8H2,1H3,(H2,23,24,25,26,27). The maximum absolute atomic E-state index is 12.3. The van der Waals surface area contributed by atoms with E-state index in [0.29, 0.717) is 11.8 Å². The molecule has 0 aliphatic heterocycles. The highest BCUT2D eigenvalue weighted by Crippen LogP contribution is 2.23. The number of anilines is 2. The second-order valence-corrected chi connectivity index (χ2v) is 5.62. The van der Waals surface area contributed by atoms with Gasteiger partial charge in [-0.15, -0.1) is 0 Å². The highest BCUT2D eigenvalue weighted by Gasteiger charge is 2.30. The SMILES string of the molecule is Cc1ccc(NC(=O)Nc2nc(OCC(F)(F)F)cc(OCC(F)(F)F)n2)cc1. The largest absolute Gasteiger partial charge is 0.468 e. The lowest BCUT2D eigenvalue weighted by molar-refractivity contribution is -0.154. The summed E-state index contributed by atoms with van der Waals surface area (Å²) >= 11 is 0. The van der Waals surface area contributed by atoms with Crippen molar-refractivity contribution in [2.24, 2.45) is 0 Å². The van der Waals surface area contributed by atoms with Crippen molar-refractivity contribution < 1.29 is 40.6 Å². The predicted molar refractivity (Wildman–Crippen MR) is 89.0 cm³/mol. The number of hydrogen-bond acceptors (Lipinski definition) is 5. The Hall–Kier alpha value is -3.25. The van der Waals surface area contributed by atoms with Crippen LogP contribution in [0.4, 0.5) is 42.8 Å². The molecule has 0 radical (unpaired) electrons. The zero-order chi connectivity index (χ0) is 21.7. The molecule has 0 saturated heterocycles. The number of nitrogens with one attached hydrogen (secondary N) is 2. The van der Waals surface area contributed by atoms with Gasteiger partial charge in [0.2, 0.25) is 17.7 Å².